The number of rotatable bonds is 2. The molecule has 1 aliphatic rings. The first-order chi connectivity index (χ1) is 9.59. The Bertz CT molecular complexity index is 502. The molecule has 0 aliphatic heterocycles. The van der Waals surface area contributed by atoms with Crippen LogP contribution in [0.25, 0.3) is 0 Å². The van der Waals surface area contributed by atoms with E-state index in [1.165, 1.54) is 19.3 Å². The van der Waals surface area contributed by atoms with E-state index < -0.39 is 11.5 Å². The largest absolute Gasteiger partial charge is 0.387 e. The summed E-state index contributed by atoms with van der Waals surface area (Å²) in [5, 5.41) is 20.5. The van der Waals surface area contributed by atoms with Gasteiger partial charge in [0.05, 0.1) is 17.6 Å². The minimum atomic E-state index is -0.713. The van der Waals surface area contributed by atoms with Crippen LogP contribution in [0.3, 0.4) is 0 Å². The van der Waals surface area contributed by atoms with Crippen LogP contribution in [0, 0.1) is 16.7 Å². The maximum absolute atomic E-state index is 10.8. The van der Waals surface area contributed by atoms with Crippen molar-refractivity contribution in [2.24, 2.45) is 5.41 Å². The zero-order valence-corrected chi connectivity index (χ0v) is 14.6. The fraction of sp³-hybridized carbons (Fsp3) is 0.562. The summed E-state index contributed by atoms with van der Waals surface area (Å²) in [6.07, 6.45) is 6.51. The van der Waals surface area contributed by atoms with Gasteiger partial charge >= 0.3 is 0 Å². The second kappa shape index (κ2) is 7.06. The summed E-state index contributed by atoms with van der Waals surface area (Å²) in [6.45, 7) is 0. The molecule has 1 aromatic rings. The highest BCUT2D eigenvalue weighted by Crippen LogP contribution is 2.44. The fourth-order valence-electron chi connectivity index (χ4n) is 2.98. The Hall–Kier alpha value is -0.370. The highest BCUT2D eigenvalue weighted by molar-refractivity contribution is 9.13. The molecule has 1 unspecified atom stereocenters. The molecular weight excluding hydrogens is 382 g/mol. The van der Waals surface area contributed by atoms with E-state index in [1.54, 1.807) is 0 Å². The molecule has 1 aliphatic carbocycles. The van der Waals surface area contributed by atoms with Gasteiger partial charge in [-0.05, 0) is 62.4 Å². The molecule has 0 saturated heterocycles. The molecule has 4 heteroatoms. The van der Waals surface area contributed by atoms with Gasteiger partial charge in [-0.3, -0.25) is 0 Å². The highest BCUT2D eigenvalue weighted by atomic mass is 79.9. The maximum atomic E-state index is 10.8. The van der Waals surface area contributed by atoms with Gasteiger partial charge in [-0.25, -0.2) is 0 Å². The summed E-state index contributed by atoms with van der Waals surface area (Å²) in [6, 6.07) is 8.16. The van der Waals surface area contributed by atoms with Gasteiger partial charge in [0.15, 0.2) is 0 Å². The average molecular weight is 401 g/mol. The second-order valence-corrected chi connectivity index (χ2v) is 7.32. The number of aliphatic hydroxyl groups is 1. The van der Waals surface area contributed by atoms with Crippen molar-refractivity contribution in [3.63, 3.8) is 0 Å². The summed E-state index contributed by atoms with van der Waals surface area (Å²) >= 11 is 6.90. The minimum absolute atomic E-state index is 0.631. The van der Waals surface area contributed by atoms with Crippen molar-refractivity contribution in [3.8, 4) is 6.07 Å². The molecule has 1 atom stereocenters. The Morgan fingerprint density at radius 3 is 2.20 bits per heavy atom. The Kier molecular flexibility index (Phi) is 5.65. The first-order valence-electron chi connectivity index (χ1n) is 7.13. The lowest BCUT2D eigenvalue weighted by Gasteiger charge is -2.33. The van der Waals surface area contributed by atoms with Gasteiger partial charge in [-0.1, -0.05) is 38.2 Å². The second-order valence-electron chi connectivity index (χ2n) is 5.61. The number of nitrogens with zero attached hydrogens (tertiary/aromatic N) is 1. The predicted molar refractivity (Wildman–Crippen MR) is 87.2 cm³/mol. The third-order valence-electron chi connectivity index (χ3n) is 4.25. The van der Waals surface area contributed by atoms with Gasteiger partial charge in [0, 0.05) is 8.95 Å². The molecule has 1 saturated carbocycles. The summed E-state index contributed by atoms with van der Waals surface area (Å²) in [4.78, 5) is 0. The lowest BCUT2D eigenvalue weighted by atomic mass is 9.71. The van der Waals surface area contributed by atoms with Gasteiger partial charge in [-0.15, -0.1) is 0 Å². The van der Waals surface area contributed by atoms with Crippen molar-refractivity contribution in [3.05, 3.63) is 32.7 Å². The number of hydrogen-bond donors (Lipinski definition) is 1. The normalized spacial score (nSPS) is 20.5. The zero-order valence-electron chi connectivity index (χ0n) is 11.4. The van der Waals surface area contributed by atoms with Crippen molar-refractivity contribution < 1.29 is 5.11 Å². The van der Waals surface area contributed by atoms with Crippen LogP contribution in [0.5, 0.6) is 0 Å². The SMILES string of the molecule is N#CC1(C(O)c2ccc(Br)c(Br)c2)CCCCCCC1. The van der Waals surface area contributed by atoms with E-state index in [4.69, 9.17) is 0 Å². The van der Waals surface area contributed by atoms with E-state index in [2.05, 4.69) is 37.9 Å². The van der Waals surface area contributed by atoms with E-state index in [0.717, 1.165) is 40.2 Å². The van der Waals surface area contributed by atoms with E-state index in [9.17, 15) is 10.4 Å². The number of nitriles is 1. The lowest BCUT2D eigenvalue weighted by molar-refractivity contribution is 0.0434. The van der Waals surface area contributed by atoms with Crippen molar-refractivity contribution >= 4 is 31.9 Å². The Balaban J connectivity index is 2.28. The van der Waals surface area contributed by atoms with E-state index in [1.807, 2.05) is 18.2 Å². The highest BCUT2D eigenvalue weighted by Gasteiger charge is 2.38. The quantitative estimate of drug-likeness (QED) is 0.712. The molecule has 2 nitrogen and oxygen atoms in total. The predicted octanol–water partition coefficient (Wildman–Crippen LogP) is 5.50. The van der Waals surface area contributed by atoms with Crippen molar-refractivity contribution in [2.45, 2.75) is 51.0 Å². The Labute approximate surface area is 137 Å². The third kappa shape index (κ3) is 3.44. The topological polar surface area (TPSA) is 44.0 Å². The van der Waals surface area contributed by atoms with E-state index in [-0.39, 0.29) is 0 Å². The maximum Gasteiger partial charge on any atom is 0.0976 e. The van der Waals surface area contributed by atoms with Crippen LogP contribution in [0.15, 0.2) is 27.1 Å². The Morgan fingerprint density at radius 1 is 1.05 bits per heavy atom. The van der Waals surface area contributed by atoms with Crippen molar-refractivity contribution in [1.82, 2.24) is 0 Å². The zero-order chi connectivity index (χ0) is 14.6. The number of benzene rings is 1. The summed E-state index contributed by atoms with van der Waals surface area (Å²) < 4.78 is 1.87. The first-order valence-corrected chi connectivity index (χ1v) is 8.72. The average Bonchev–Trinajstić information content (AvgIpc) is 2.42. The molecule has 0 radical (unpaired) electrons. The number of aliphatic hydroxyl groups excluding tert-OH is 1. The molecule has 2 rings (SSSR count). The monoisotopic (exact) mass is 399 g/mol. The smallest absolute Gasteiger partial charge is 0.0976 e. The Morgan fingerprint density at radius 2 is 1.65 bits per heavy atom. The molecule has 0 bridgehead atoms. The van der Waals surface area contributed by atoms with Crippen LogP contribution in [0.1, 0.15) is 56.6 Å². The molecular formula is C16H19Br2NO. The molecule has 1 aromatic carbocycles. The van der Waals surface area contributed by atoms with Crippen molar-refractivity contribution in [1.29, 1.82) is 5.26 Å². The number of hydrogen-bond acceptors (Lipinski definition) is 2. The van der Waals surface area contributed by atoms with Crippen LogP contribution in [-0.4, -0.2) is 5.11 Å². The third-order valence-corrected chi connectivity index (χ3v) is 6.13. The summed E-state index contributed by atoms with van der Waals surface area (Å²) in [5.41, 5.74) is 0.190. The molecule has 0 heterocycles. The lowest BCUT2D eigenvalue weighted by Crippen LogP contribution is -2.28. The van der Waals surface area contributed by atoms with Gasteiger partial charge < -0.3 is 5.11 Å². The van der Waals surface area contributed by atoms with Gasteiger partial charge in [-0.2, -0.15) is 5.26 Å². The van der Waals surface area contributed by atoms with Crippen LogP contribution in [0.2, 0.25) is 0 Å². The standard InChI is InChI=1S/C16H19Br2NO/c17-13-7-6-12(10-14(13)18)15(20)16(11-19)8-4-2-1-3-5-9-16/h6-7,10,15,20H,1-5,8-9H2. The van der Waals surface area contributed by atoms with E-state index >= 15 is 0 Å². The minimum Gasteiger partial charge on any atom is -0.387 e. The van der Waals surface area contributed by atoms with Gasteiger partial charge in [0.2, 0.25) is 0 Å². The van der Waals surface area contributed by atoms with Crippen LogP contribution in [0.4, 0.5) is 0 Å². The van der Waals surface area contributed by atoms with Crippen LogP contribution < -0.4 is 0 Å². The summed E-state index contributed by atoms with van der Waals surface area (Å²) in [7, 11) is 0. The van der Waals surface area contributed by atoms with Crippen molar-refractivity contribution in [2.75, 3.05) is 0 Å². The van der Waals surface area contributed by atoms with Crippen LogP contribution >= 0.6 is 31.9 Å². The fourth-order valence-corrected chi connectivity index (χ4v) is 3.63. The molecule has 1 fully saturated rings. The van der Waals surface area contributed by atoms with Gasteiger partial charge in [0.25, 0.3) is 0 Å². The molecule has 108 valence electrons. The number of halogens is 2. The molecule has 0 aromatic heterocycles. The van der Waals surface area contributed by atoms with Crippen LogP contribution in [-0.2, 0) is 0 Å². The molecule has 20 heavy (non-hydrogen) atoms. The van der Waals surface area contributed by atoms with Gasteiger partial charge in [0.1, 0.15) is 0 Å². The first kappa shape index (κ1) is 16.0. The molecule has 0 spiro atoms. The summed E-state index contributed by atoms with van der Waals surface area (Å²) in [5.74, 6) is 0. The molecule has 0 amide bonds. The molecule has 1 N–H and O–H groups in total. The van der Waals surface area contributed by atoms with E-state index in [0.29, 0.717) is 0 Å².